The molecule has 3 rings (SSSR count). The summed E-state index contributed by atoms with van der Waals surface area (Å²) in [5.41, 5.74) is 3.33. The lowest BCUT2D eigenvalue weighted by atomic mass is 9.76. The standard InChI is InChI=1S/C18H17N7O/c1-9-13(7-19)16(14(8-20)10(2)22-9)11-4-5-15-12(6-11)17(25-24-15)23-18(26)21-3/h4-6,13,16H,1-3H3,(H3,21,23,24,25,26). The number of aromatic nitrogens is 2. The Morgan fingerprint density at radius 3 is 2.73 bits per heavy atom. The first-order chi connectivity index (χ1) is 12.5. The Bertz CT molecular complexity index is 1030. The third-order valence-electron chi connectivity index (χ3n) is 4.49. The number of carbonyl (C=O) groups excluding carboxylic acids is 1. The van der Waals surface area contributed by atoms with Crippen molar-refractivity contribution in [3.63, 3.8) is 0 Å². The summed E-state index contributed by atoms with van der Waals surface area (Å²) in [5, 5.41) is 32.0. The Morgan fingerprint density at radius 1 is 1.31 bits per heavy atom. The smallest absolute Gasteiger partial charge is 0.320 e. The Kier molecular flexibility index (Phi) is 4.42. The molecule has 0 saturated heterocycles. The first-order valence-corrected chi connectivity index (χ1v) is 8.02. The Hall–Kier alpha value is -3.65. The molecule has 1 aromatic carbocycles. The fraction of sp³-hybridized carbons (Fsp3) is 0.278. The summed E-state index contributed by atoms with van der Waals surface area (Å²) in [5.74, 6) is -0.544. The highest BCUT2D eigenvalue weighted by Gasteiger charge is 2.34. The number of amides is 2. The van der Waals surface area contributed by atoms with Gasteiger partial charge in [0.1, 0.15) is 0 Å². The number of hydrogen-bond acceptors (Lipinski definition) is 5. The molecule has 1 aliphatic heterocycles. The van der Waals surface area contributed by atoms with E-state index in [1.807, 2.05) is 18.2 Å². The lowest BCUT2D eigenvalue weighted by Gasteiger charge is -2.26. The normalized spacial score (nSPS) is 19.5. The number of hydrogen-bond donors (Lipinski definition) is 3. The second kappa shape index (κ2) is 6.69. The molecule has 2 aromatic rings. The van der Waals surface area contributed by atoms with Gasteiger partial charge < -0.3 is 5.32 Å². The Balaban J connectivity index is 2.13. The summed E-state index contributed by atoms with van der Waals surface area (Å²) in [6.07, 6.45) is 0. The van der Waals surface area contributed by atoms with Crippen LogP contribution in [0.3, 0.4) is 0 Å². The number of carbonyl (C=O) groups is 1. The average Bonchev–Trinajstić information content (AvgIpc) is 3.03. The minimum atomic E-state index is -0.520. The van der Waals surface area contributed by atoms with Crippen molar-refractivity contribution >= 4 is 28.5 Å². The number of rotatable bonds is 2. The number of urea groups is 1. The maximum atomic E-state index is 11.6. The van der Waals surface area contributed by atoms with Crippen molar-refractivity contribution in [3.05, 3.63) is 35.0 Å². The molecule has 2 heterocycles. The van der Waals surface area contributed by atoms with Crippen molar-refractivity contribution in [1.82, 2.24) is 15.5 Å². The van der Waals surface area contributed by atoms with Gasteiger partial charge in [0.25, 0.3) is 0 Å². The van der Waals surface area contributed by atoms with Crippen LogP contribution >= 0.6 is 0 Å². The Morgan fingerprint density at radius 2 is 2.08 bits per heavy atom. The summed E-state index contributed by atoms with van der Waals surface area (Å²) in [4.78, 5) is 16.0. The molecule has 2 amide bonds. The van der Waals surface area contributed by atoms with Crippen LogP contribution < -0.4 is 10.6 Å². The van der Waals surface area contributed by atoms with Gasteiger partial charge in [-0.2, -0.15) is 15.6 Å². The van der Waals surface area contributed by atoms with E-state index in [9.17, 15) is 15.3 Å². The number of aromatic amines is 1. The average molecular weight is 347 g/mol. The van der Waals surface area contributed by atoms with Crippen molar-refractivity contribution < 1.29 is 4.79 Å². The third-order valence-corrected chi connectivity index (χ3v) is 4.49. The number of nitrogens with zero attached hydrogens (tertiary/aromatic N) is 4. The Labute approximate surface area is 150 Å². The molecule has 1 aromatic heterocycles. The second-order valence-corrected chi connectivity index (χ2v) is 6.03. The fourth-order valence-corrected chi connectivity index (χ4v) is 3.20. The molecule has 0 aliphatic carbocycles. The van der Waals surface area contributed by atoms with Crippen molar-refractivity contribution in [2.45, 2.75) is 19.8 Å². The summed E-state index contributed by atoms with van der Waals surface area (Å²) < 4.78 is 0. The van der Waals surface area contributed by atoms with Crippen LogP contribution in [0.25, 0.3) is 10.9 Å². The monoisotopic (exact) mass is 347 g/mol. The molecule has 0 radical (unpaired) electrons. The van der Waals surface area contributed by atoms with E-state index in [0.29, 0.717) is 28.2 Å². The van der Waals surface area contributed by atoms with E-state index in [2.05, 4.69) is 38.0 Å². The van der Waals surface area contributed by atoms with Gasteiger partial charge in [-0.25, -0.2) is 4.79 Å². The van der Waals surface area contributed by atoms with Gasteiger partial charge >= 0.3 is 6.03 Å². The highest BCUT2D eigenvalue weighted by Crippen LogP contribution is 2.39. The number of nitriles is 2. The zero-order valence-corrected chi connectivity index (χ0v) is 14.6. The minimum Gasteiger partial charge on any atom is -0.341 e. The van der Waals surface area contributed by atoms with Crippen LogP contribution in [0.4, 0.5) is 10.6 Å². The first kappa shape index (κ1) is 17.2. The van der Waals surface area contributed by atoms with Crippen LogP contribution in [0, 0.1) is 28.6 Å². The molecule has 0 spiro atoms. The molecular formula is C18H17N7O. The maximum Gasteiger partial charge on any atom is 0.320 e. The quantitative estimate of drug-likeness (QED) is 0.771. The number of fused-ring (bicyclic) bond motifs is 1. The van der Waals surface area contributed by atoms with Gasteiger partial charge in [-0.15, -0.1) is 0 Å². The summed E-state index contributed by atoms with van der Waals surface area (Å²) in [6.45, 7) is 3.57. The lowest BCUT2D eigenvalue weighted by Crippen LogP contribution is -2.25. The van der Waals surface area contributed by atoms with E-state index in [4.69, 9.17) is 0 Å². The van der Waals surface area contributed by atoms with Gasteiger partial charge in [0.05, 0.1) is 34.8 Å². The SMILES string of the molecule is CNC(=O)Nc1n[nH]c2ccc(C3C(C#N)=C(C)N=C(C)C3C#N)cc12. The molecule has 3 N–H and O–H groups in total. The molecule has 0 bridgehead atoms. The number of H-pyrrole nitrogens is 1. The molecular weight excluding hydrogens is 330 g/mol. The van der Waals surface area contributed by atoms with E-state index in [1.54, 1.807) is 13.8 Å². The van der Waals surface area contributed by atoms with Crippen molar-refractivity contribution in [3.8, 4) is 12.1 Å². The van der Waals surface area contributed by atoms with E-state index >= 15 is 0 Å². The van der Waals surface area contributed by atoms with Gasteiger partial charge in [0, 0.05) is 24.1 Å². The van der Waals surface area contributed by atoms with E-state index in [1.165, 1.54) is 7.05 Å². The van der Waals surface area contributed by atoms with E-state index in [0.717, 1.165) is 11.1 Å². The summed E-state index contributed by atoms with van der Waals surface area (Å²) in [6, 6.07) is 9.63. The number of aliphatic imine (C=N–C) groups is 1. The minimum absolute atomic E-state index is 0.382. The highest BCUT2D eigenvalue weighted by molar-refractivity contribution is 5.99. The number of anilines is 1. The van der Waals surface area contributed by atoms with Gasteiger partial charge in [0.2, 0.25) is 0 Å². The molecule has 0 fully saturated rings. The maximum absolute atomic E-state index is 11.6. The van der Waals surface area contributed by atoms with Crippen LogP contribution in [-0.2, 0) is 0 Å². The summed E-state index contributed by atoms with van der Waals surface area (Å²) >= 11 is 0. The molecule has 8 heteroatoms. The van der Waals surface area contributed by atoms with Crippen LogP contribution in [0.15, 0.2) is 34.5 Å². The highest BCUT2D eigenvalue weighted by atomic mass is 16.2. The van der Waals surface area contributed by atoms with E-state index in [-0.39, 0.29) is 6.03 Å². The first-order valence-electron chi connectivity index (χ1n) is 8.02. The molecule has 0 saturated carbocycles. The van der Waals surface area contributed by atoms with Crippen LogP contribution in [0.5, 0.6) is 0 Å². The van der Waals surface area contributed by atoms with Crippen LogP contribution in [0.1, 0.15) is 25.3 Å². The predicted octanol–water partition coefficient (Wildman–Crippen LogP) is 2.81. The summed E-state index contributed by atoms with van der Waals surface area (Å²) in [7, 11) is 1.52. The lowest BCUT2D eigenvalue weighted by molar-refractivity contribution is 0.254. The van der Waals surface area contributed by atoms with E-state index < -0.39 is 11.8 Å². The molecule has 8 nitrogen and oxygen atoms in total. The van der Waals surface area contributed by atoms with Crippen LogP contribution in [0.2, 0.25) is 0 Å². The number of allylic oxidation sites excluding steroid dienone is 2. The zero-order valence-electron chi connectivity index (χ0n) is 14.6. The number of nitrogens with one attached hydrogen (secondary N) is 3. The molecule has 2 unspecified atom stereocenters. The van der Waals surface area contributed by atoms with Crippen molar-refractivity contribution in [1.29, 1.82) is 10.5 Å². The molecule has 26 heavy (non-hydrogen) atoms. The predicted molar refractivity (Wildman–Crippen MR) is 97.4 cm³/mol. The van der Waals surface area contributed by atoms with Crippen molar-refractivity contribution in [2.75, 3.05) is 12.4 Å². The third kappa shape index (κ3) is 2.78. The molecule has 130 valence electrons. The van der Waals surface area contributed by atoms with Crippen molar-refractivity contribution in [2.24, 2.45) is 10.9 Å². The fourth-order valence-electron chi connectivity index (χ4n) is 3.20. The van der Waals surface area contributed by atoms with Gasteiger partial charge in [-0.05, 0) is 31.5 Å². The zero-order chi connectivity index (χ0) is 18.8. The van der Waals surface area contributed by atoms with Gasteiger partial charge in [-0.1, -0.05) is 6.07 Å². The molecule has 2 atom stereocenters. The van der Waals surface area contributed by atoms with Gasteiger partial charge in [0.15, 0.2) is 5.82 Å². The number of benzene rings is 1. The topological polar surface area (TPSA) is 130 Å². The molecule has 1 aliphatic rings. The second-order valence-electron chi connectivity index (χ2n) is 6.03. The van der Waals surface area contributed by atoms with Gasteiger partial charge in [-0.3, -0.25) is 15.4 Å². The largest absolute Gasteiger partial charge is 0.341 e. The van der Waals surface area contributed by atoms with Crippen LogP contribution in [-0.4, -0.2) is 29.0 Å².